The van der Waals surface area contributed by atoms with Crippen molar-refractivity contribution in [2.45, 2.75) is 6.92 Å². The molecule has 2 nitrogen and oxygen atoms in total. The van der Waals surface area contributed by atoms with E-state index < -0.39 is 0 Å². The average Bonchev–Trinajstić information content (AvgIpc) is 1.83. The van der Waals surface area contributed by atoms with Crippen LogP contribution in [0.1, 0.15) is 6.92 Å². The molecule has 8 heavy (non-hydrogen) atoms. The summed E-state index contributed by atoms with van der Waals surface area (Å²) in [6.45, 7) is 1.85. The van der Waals surface area contributed by atoms with E-state index in [-0.39, 0.29) is 0 Å². The number of allylic oxidation sites excluding steroid dienone is 2. The monoisotopic (exact) mass is 222 g/mol. The molecule has 0 aliphatic carbocycles. The highest BCUT2D eigenvalue weighted by molar-refractivity contribution is 14.1. The van der Waals surface area contributed by atoms with E-state index in [0.29, 0.717) is 0 Å². The number of hydrogen-bond donors (Lipinski definition) is 1. The van der Waals surface area contributed by atoms with Gasteiger partial charge in [-0.25, -0.2) is 3.21 Å². The van der Waals surface area contributed by atoms with E-state index in [2.05, 4.69) is 3.21 Å². The third-order valence-electron chi connectivity index (χ3n) is 0.621. The fraction of sp³-hybridized carbons (Fsp3) is 0.200. The van der Waals surface area contributed by atoms with Gasteiger partial charge in [0.05, 0.1) is 22.9 Å². The molecule has 0 saturated carbocycles. The summed E-state index contributed by atoms with van der Waals surface area (Å²) in [7, 11) is 0. The Morgan fingerprint density at radius 3 is 2.75 bits per heavy atom. The molecule has 0 heterocycles. The highest BCUT2D eigenvalue weighted by Gasteiger charge is 1.73. The molecule has 0 aromatic carbocycles. The summed E-state index contributed by atoms with van der Waals surface area (Å²) in [5.41, 5.74) is 0.908. The van der Waals surface area contributed by atoms with Crippen molar-refractivity contribution in [2.24, 2.45) is 3.21 Å². The van der Waals surface area contributed by atoms with Crippen molar-refractivity contribution in [3.05, 3.63) is 11.6 Å². The van der Waals surface area contributed by atoms with Gasteiger partial charge in [-0.15, -0.1) is 0 Å². The minimum Gasteiger partial charge on any atom is -0.308 e. The second kappa shape index (κ2) is 4.96. The molecule has 0 bridgehead atoms. The molecule has 0 aromatic rings. The topological polar surface area (TPSA) is 36.2 Å². The van der Waals surface area contributed by atoms with E-state index in [0.717, 1.165) is 5.57 Å². The first-order valence-electron chi connectivity index (χ1n) is 2.13. The minimum atomic E-state index is 0.908. The van der Waals surface area contributed by atoms with Gasteiger partial charge in [-0.1, -0.05) is 0 Å². The molecular weight excluding hydrogens is 215 g/mol. The second-order valence-electron chi connectivity index (χ2n) is 1.30. The normalized spacial score (nSPS) is 12.5. The van der Waals surface area contributed by atoms with Crippen LogP contribution < -0.4 is 0 Å². The van der Waals surface area contributed by atoms with E-state index in [9.17, 15) is 0 Å². The molecule has 0 amide bonds. The maximum atomic E-state index is 6.73. The molecule has 0 rings (SSSR count). The second-order valence-corrected chi connectivity index (χ2v) is 1.86. The van der Waals surface area contributed by atoms with Crippen molar-refractivity contribution in [3.8, 4) is 0 Å². The zero-order chi connectivity index (χ0) is 6.41. The van der Waals surface area contributed by atoms with Gasteiger partial charge in [0.1, 0.15) is 0 Å². The van der Waals surface area contributed by atoms with Crippen molar-refractivity contribution in [1.29, 1.82) is 5.41 Å². The molecule has 0 unspecified atom stereocenters. The molecule has 0 spiro atoms. The largest absolute Gasteiger partial charge is 0.308 e. The lowest BCUT2D eigenvalue weighted by molar-refractivity contribution is 1.51. The van der Waals surface area contributed by atoms with Crippen LogP contribution in [0.15, 0.2) is 14.9 Å². The summed E-state index contributed by atoms with van der Waals surface area (Å²) in [6, 6.07) is 0. The van der Waals surface area contributed by atoms with Crippen LogP contribution in [0.3, 0.4) is 0 Å². The molecule has 0 fully saturated rings. The van der Waals surface area contributed by atoms with Crippen LogP contribution in [0.5, 0.6) is 0 Å². The summed E-state index contributed by atoms with van der Waals surface area (Å²) in [5.74, 6) is 0. The third-order valence-corrected chi connectivity index (χ3v) is 0.943. The standard InChI is InChI=1S/C5H7IN2/c1-5(4-7)2-3-8-6/h2-4,7H,1H3/b5-2-,7-4?,8-3?. The predicted molar refractivity (Wildman–Crippen MR) is 45.1 cm³/mol. The van der Waals surface area contributed by atoms with Crippen molar-refractivity contribution in [2.75, 3.05) is 0 Å². The van der Waals surface area contributed by atoms with Crippen molar-refractivity contribution in [3.63, 3.8) is 0 Å². The molecule has 44 valence electrons. The van der Waals surface area contributed by atoms with Crippen molar-refractivity contribution < 1.29 is 0 Å². The highest BCUT2D eigenvalue weighted by atomic mass is 127. The van der Waals surface area contributed by atoms with Crippen molar-refractivity contribution in [1.82, 2.24) is 0 Å². The Morgan fingerprint density at radius 1 is 1.75 bits per heavy atom. The number of rotatable bonds is 2. The van der Waals surface area contributed by atoms with E-state index in [1.165, 1.54) is 6.21 Å². The molecule has 1 N–H and O–H groups in total. The first-order valence-corrected chi connectivity index (χ1v) is 3.09. The Bertz CT molecular complexity index is 126. The van der Waals surface area contributed by atoms with Crippen LogP contribution in [0.25, 0.3) is 0 Å². The van der Waals surface area contributed by atoms with Gasteiger partial charge in [-0.3, -0.25) is 0 Å². The Kier molecular flexibility index (Phi) is 4.84. The maximum absolute atomic E-state index is 6.73. The van der Waals surface area contributed by atoms with Gasteiger partial charge in [0, 0.05) is 12.4 Å². The van der Waals surface area contributed by atoms with Crippen LogP contribution in [0, 0.1) is 5.41 Å². The molecule has 0 aromatic heterocycles. The van der Waals surface area contributed by atoms with Gasteiger partial charge in [0.15, 0.2) is 0 Å². The highest BCUT2D eigenvalue weighted by Crippen LogP contribution is 1.84. The quantitative estimate of drug-likeness (QED) is 0.548. The van der Waals surface area contributed by atoms with Crippen LogP contribution in [0.4, 0.5) is 0 Å². The van der Waals surface area contributed by atoms with Crippen LogP contribution in [-0.4, -0.2) is 12.4 Å². The minimum absolute atomic E-state index is 0.908. The van der Waals surface area contributed by atoms with Crippen LogP contribution >= 0.6 is 22.9 Å². The number of halogens is 1. The van der Waals surface area contributed by atoms with Gasteiger partial charge in [0.2, 0.25) is 0 Å². The van der Waals surface area contributed by atoms with Crippen LogP contribution in [-0.2, 0) is 0 Å². The van der Waals surface area contributed by atoms with Gasteiger partial charge >= 0.3 is 0 Å². The van der Waals surface area contributed by atoms with Gasteiger partial charge < -0.3 is 5.41 Å². The summed E-state index contributed by atoms with van der Waals surface area (Å²) in [4.78, 5) is 0. The van der Waals surface area contributed by atoms with E-state index in [1.807, 2.05) is 29.8 Å². The van der Waals surface area contributed by atoms with E-state index in [4.69, 9.17) is 5.41 Å². The zero-order valence-electron chi connectivity index (χ0n) is 4.56. The Balaban J connectivity index is 3.74. The summed E-state index contributed by atoms with van der Waals surface area (Å²) in [5, 5.41) is 6.73. The Morgan fingerprint density at radius 2 is 2.38 bits per heavy atom. The molecule has 3 heteroatoms. The summed E-state index contributed by atoms with van der Waals surface area (Å²) < 4.78 is 3.69. The lowest BCUT2D eigenvalue weighted by atomic mass is 10.3. The molecule has 0 aliphatic heterocycles. The van der Waals surface area contributed by atoms with Gasteiger partial charge in [-0.05, 0) is 18.6 Å². The lowest BCUT2D eigenvalue weighted by Gasteiger charge is -1.79. The Labute approximate surface area is 62.7 Å². The molecule has 0 atom stereocenters. The fourth-order valence-corrected chi connectivity index (χ4v) is 0.355. The zero-order valence-corrected chi connectivity index (χ0v) is 6.71. The maximum Gasteiger partial charge on any atom is 0.0830 e. The first kappa shape index (κ1) is 7.81. The van der Waals surface area contributed by atoms with Crippen LogP contribution in [0.2, 0.25) is 0 Å². The van der Waals surface area contributed by atoms with Crippen molar-refractivity contribution >= 4 is 35.3 Å². The third kappa shape index (κ3) is 3.98. The van der Waals surface area contributed by atoms with Gasteiger partial charge in [-0.2, -0.15) is 0 Å². The SMILES string of the molecule is C/C(C=N)=C/C=NI. The lowest BCUT2D eigenvalue weighted by Crippen LogP contribution is -1.73. The van der Waals surface area contributed by atoms with Gasteiger partial charge in [0.25, 0.3) is 0 Å². The number of nitrogens with one attached hydrogen (secondary N) is 1. The summed E-state index contributed by atoms with van der Waals surface area (Å²) >= 11 is 1.89. The number of hydrogen-bond acceptors (Lipinski definition) is 2. The molecule has 0 aliphatic rings. The molecule has 0 radical (unpaired) electrons. The first-order chi connectivity index (χ1) is 3.81. The summed E-state index contributed by atoms with van der Waals surface area (Å²) in [6.07, 6.45) is 4.72. The van der Waals surface area contributed by atoms with E-state index in [1.54, 1.807) is 12.3 Å². The molecule has 0 saturated heterocycles. The van der Waals surface area contributed by atoms with E-state index >= 15 is 0 Å². The molecular formula is C5H7IN2. The Hall–Kier alpha value is -0.190. The predicted octanol–water partition coefficient (Wildman–Crippen LogP) is 2.00. The number of nitrogens with zero attached hydrogens (tertiary/aromatic N) is 1. The fourth-order valence-electron chi connectivity index (χ4n) is 0.194. The smallest absolute Gasteiger partial charge is 0.0830 e. The average molecular weight is 222 g/mol.